The van der Waals surface area contributed by atoms with Gasteiger partial charge in [-0.25, -0.2) is 4.79 Å². The van der Waals surface area contributed by atoms with E-state index in [1.54, 1.807) is 0 Å². The highest BCUT2D eigenvalue weighted by Gasteiger charge is 2.30. The molecule has 3 aromatic rings. The van der Waals surface area contributed by atoms with Gasteiger partial charge in [0.05, 0.1) is 10.5 Å². The lowest BCUT2D eigenvalue weighted by Gasteiger charge is -2.25. The van der Waals surface area contributed by atoms with Crippen LogP contribution in [0.15, 0.2) is 35.2 Å². The van der Waals surface area contributed by atoms with Gasteiger partial charge in [0.25, 0.3) is 10.1 Å². The smallest absolute Gasteiger partial charge is 0.345 e. The number of ether oxygens (including phenoxy) is 1. The third-order valence-electron chi connectivity index (χ3n) is 5.92. The van der Waals surface area contributed by atoms with Gasteiger partial charge in [0, 0.05) is 10.7 Å². The highest BCUT2D eigenvalue weighted by molar-refractivity contribution is 14.1. The minimum absolute atomic E-state index is 0.0647. The summed E-state index contributed by atoms with van der Waals surface area (Å²) >= 11 is 6.65. The molecule has 0 amide bonds. The fraction of sp³-hybridized carbons (Fsp3) is 0.292. The minimum atomic E-state index is -4.38. The second-order valence-electron chi connectivity index (χ2n) is 8.34. The molecule has 3 aromatic carbocycles. The Morgan fingerprint density at radius 1 is 0.970 bits per heavy atom. The van der Waals surface area contributed by atoms with Crippen molar-refractivity contribution in [2.24, 2.45) is 0 Å². The maximum Gasteiger partial charge on any atom is 0.345 e. The molecule has 0 saturated heterocycles. The van der Waals surface area contributed by atoms with Gasteiger partial charge in [-0.15, -0.1) is 0 Å². The number of hydrogen-bond donors (Lipinski definition) is 1. The van der Waals surface area contributed by atoms with E-state index >= 15 is 0 Å². The molecule has 0 unspecified atom stereocenters. The Balaban J connectivity index is 1.91. The summed E-state index contributed by atoms with van der Waals surface area (Å²) in [5.41, 5.74) is 2.40. The summed E-state index contributed by atoms with van der Waals surface area (Å²) in [4.78, 5) is 13.5. The number of rotatable bonds is 4. The molecule has 1 aliphatic carbocycles. The summed E-state index contributed by atoms with van der Waals surface area (Å²) in [6.45, 7) is 3.84. The summed E-state index contributed by atoms with van der Waals surface area (Å²) < 4.78 is 42.9. The molecule has 0 radical (unpaired) electrons. The SMILES string of the molecule is CC(C)c1cc(S(=O)(=O)O)c2c(c1OC(=O)c1c(I)c(I)c3ccccc3c1I)CCCC2. The number of fused-ring (bicyclic) bond motifs is 2. The summed E-state index contributed by atoms with van der Waals surface area (Å²) in [5, 5.41) is 2.07. The van der Waals surface area contributed by atoms with Crippen molar-refractivity contribution in [1.29, 1.82) is 0 Å². The molecule has 0 aliphatic heterocycles. The van der Waals surface area contributed by atoms with Crippen molar-refractivity contribution >= 4 is 94.6 Å². The second kappa shape index (κ2) is 9.86. The van der Waals surface area contributed by atoms with E-state index in [4.69, 9.17) is 4.74 Å². The Hall–Kier alpha value is -0.510. The molecule has 1 aliphatic rings. The highest BCUT2D eigenvalue weighted by Crippen LogP contribution is 2.41. The molecule has 4 rings (SSSR count). The molecule has 33 heavy (non-hydrogen) atoms. The number of esters is 1. The average Bonchev–Trinajstić information content (AvgIpc) is 2.76. The maximum atomic E-state index is 13.6. The number of halogens is 3. The molecule has 0 spiro atoms. The molecular weight excluding hydrogens is 781 g/mol. The van der Waals surface area contributed by atoms with Crippen LogP contribution in [0.3, 0.4) is 0 Å². The van der Waals surface area contributed by atoms with E-state index in [0.29, 0.717) is 40.8 Å². The second-order valence-corrected chi connectivity index (χ2v) is 13.0. The van der Waals surface area contributed by atoms with Crippen LogP contribution in [0.2, 0.25) is 0 Å². The summed E-state index contributed by atoms with van der Waals surface area (Å²) in [5.74, 6) is -0.121. The Labute approximate surface area is 234 Å². The van der Waals surface area contributed by atoms with E-state index in [1.165, 1.54) is 6.07 Å². The van der Waals surface area contributed by atoms with Crippen molar-refractivity contribution in [3.05, 3.63) is 63.3 Å². The van der Waals surface area contributed by atoms with Crippen molar-refractivity contribution in [3.8, 4) is 5.75 Å². The Morgan fingerprint density at radius 2 is 1.55 bits per heavy atom. The van der Waals surface area contributed by atoms with E-state index in [2.05, 4.69) is 67.8 Å². The van der Waals surface area contributed by atoms with Crippen LogP contribution in [0.5, 0.6) is 5.75 Å². The van der Waals surface area contributed by atoms with Crippen molar-refractivity contribution in [2.75, 3.05) is 0 Å². The van der Waals surface area contributed by atoms with Crippen LogP contribution < -0.4 is 4.74 Å². The standard InChI is InChI=1S/C24H21I3O5S/c1-12(2)17-11-18(33(29,30)31)13-7-3-6-10-16(13)23(17)32-24(28)19-20(25)14-8-4-5-9-15(14)21(26)22(19)27/h4-5,8-9,11-12H,3,6-7,10H2,1-2H3,(H,29,30,31). The number of benzene rings is 3. The summed E-state index contributed by atoms with van der Waals surface area (Å²) in [6.07, 6.45) is 2.82. The third-order valence-corrected chi connectivity index (χ3v) is 11.2. The fourth-order valence-electron chi connectivity index (χ4n) is 4.32. The van der Waals surface area contributed by atoms with E-state index in [1.807, 2.05) is 38.1 Å². The first-order valence-corrected chi connectivity index (χ1v) is 15.1. The molecule has 0 bridgehead atoms. The van der Waals surface area contributed by atoms with Crippen LogP contribution in [0.25, 0.3) is 10.8 Å². The molecule has 0 fully saturated rings. The van der Waals surface area contributed by atoms with Gasteiger partial charge in [0.15, 0.2) is 0 Å². The topological polar surface area (TPSA) is 80.7 Å². The quantitative estimate of drug-likeness (QED) is 0.100. The molecule has 9 heteroatoms. The van der Waals surface area contributed by atoms with Crippen molar-refractivity contribution < 1.29 is 22.5 Å². The van der Waals surface area contributed by atoms with Crippen molar-refractivity contribution in [3.63, 3.8) is 0 Å². The molecule has 1 N–H and O–H groups in total. The van der Waals surface area contributed by atoms with E-state index in [0.717, 1.165) is 34.3 Å². The first kappa shape index (κ1) is 25.6. The van der Waals surface area contributed by atoms with Gasteiger partial charge >= 0.3 is 5.97 Å². The van der Waals surface area contributed by atoms with E-state index in [-0.39, 0.29) is 10.8 Å². The normalized spacial score (nSPS) is 13.9. The average molecular weight is 802 g/mol. The van der Waals surface area contributed by atoms with Crippen molar-refractivity contribution in [2.45, 2.75) is 50.3 Å². The zero-order valence-electron chi connectivity index (χ0n) is 17.9. The molecule has 0 saturated carbocycles. The van der Waals surface area contributed by atoms with Gasteiger partial charge in [-0.1, -0.05) is 38.1 Å². The number of carbonyl (C=O) groups is 1. The van der Waals surface area contributed by atoms with Gasteiger partial charge < -0.3 is 4.74 Å². The molecule has 0 atom stereocenters. The molecule has 5 nitrogen and oxygen atoms in total. The van der Waals surface area contributed by atoms with Gasteiger partial charge in [0.1, 0.15) is 5.75 Å². The van der Waals surface area contributed by atoms with Crippen LogP contribution in [-0.2, 0) is 23.0 Å². The van der Waals surface area contributed by atoms with E-state index < -0.39 is 16.1 Å². The predicted octanol–water partition coefficient (Wildman–Crippen LogP) is 7.12. The maximum absolute atomic E-state index is 13.6. The zero-order chi connectivity index (χ0) is 24.1. The first-order chi connectivity index (χ1) is 15.5. The molecule has 174 valence electrons. The Bertz CT molecular complexity index is 1400. The molecular formula is C24H21I3O5S. The zero-order valence-corrected chi connectivity index (χ0v) is 25.2. The first-order valence-electron chi connectivity index (χ1n) is 10.5. The third kappa shape index (κ3) is 4.81. The van der Waals surface area contributed by atoms with Gasteiger partial charge in [-0.05, 0) is 133 Å². The molecule has 0 aromatic heterocycles. The summed E-state index contributed by atoms with van der Waals surface area (Å²) in [6, 6.07) is 9.44. The fourth-order valence-corrected chi connectivity index (χ4v) is 8.13. The predicted molar refractivity (Wildman–Crippen MR) is 154 cm³/mol. The number of carbonyl (C=O) groups excluding carboxylic acids is 1. The van der Waals surface area contributed by atoms with Crippen molar-refractivity contribution in [1.82, 2.24) is 0 Å². The monoisotopic (exact) mass is 802 g/mol. The summed E-state index contributed by atoms with van der Waals surface area (Å²) in [7, 11) is -4.38. The lowest BCUT2D eigenvalue weighted by Crippen LogP contribution is -2.19. The van der Waals surface area contributed by atoms with Crippen LogP contribution in [0.4, 0.5) is 0 Å². The molecule has 0 heterocycles. The lowest BCUT2D eigenvalue weighted by molar-refractivity contribution is 0.0728. The minimum Gasteiger partial charge on any atom is -0.422 e. The van der Waals surface area contributed by atoms with Crippen LogP contribution >= 0.6 is 67.8 Å². The highest BCUT2D eigenvalue weighted by atomic mass is 127. The van der Waals surface area contributed by atoms with Crippen LogP contribution in [-0.4, -0.2) is 18.9 Å². The van der Waals surface area contributed by atoms with Gasteiger partial charge in [-0.2, -0.15) is 8.42 Å². The number of hydrogen-bond acceptors (Lipinski definition) is 4. The van der Waals surface area contributed by atoms with Crippen LogP contribution in [0, 0.1) is 10.7 Å². The lowest BCUT2D eigenvalue weighted by atomic mass is 9.87. The van der Waals surface area contributed by atoms with Gasteiger partial charge in [0.2, 0.25) is 0 Å². The van der Waals surface area contributed by atoms with E-state index in [9.17, 15) is 17.8 Å². The Kier molecular flexibility index (Phi) is 7.64. The largest absolute Gasteiger partial charge is 0.422 e. The van der Waals surface area contributed by atoms with Crippen LogP contribution in [0.1, 0.15) is 59.7 Å². The Morgan fingerprint density at radius 3 is 2.12 bits per heavy atom. The van der Waals surface area contributed by atoms with Gasteiger partial charge in [-0.3, -0.25) is 4.55 Å².